The van der Waals surface area contributed by atoms with Crippen molar-refractivity contribution in [3.05, 3.63) is 40.2 Å². The smallest absolute Gasteiger partial charge is 0.378 e. The molecule has 2 aromatic rings. The van der Waals surface area contributed by atoms with E-state index in [1.165, 1.54) is 0 Å². The number of hydrogen-bond donors (Lipinski definition) is 2. The Bertz CT molecular complexity index is 1180. The predicted molar refractivity (Wildman–Crippen MR) is 121 cm³/mol. The van der Waals surface area contributed by atoms with Crippen LogP contribution in [0.2, 0.25) is 0 Å². The highest BCUT2D eigenvalue weighted by Crippen LogP contribution is 2.32. The lowest BCUT2D eigenvalue weighted by molar-refractivity contribution is -0.141. The molecular weight excluding hydrogens is 524 g/mol. The second kappa shape index (κ2) is 10.7. The highest BCUT2D eigenvalue weighted by molar-refractivity contribution is 5.83. The minimum atomic E-state index is -4.88. The van der Waals surface area contributed by atoms with Crippen LogP contribution in [-0.2, 0) is 21.9 Å². The van der Waals surface area contributed by atoms with Gasteiger partial charge in [-0.05, 0) is 19.8 Å². The maximum atomic E-state index is 13.2. The average Bonchev–Trinajstić information content (AvgIpc) is 3.21. The van der Waals surface area contributed by atoms with E-state index in [4.69, 9.17) is 4.74 Å². The van der Waals surface area contributed by atoms with Crippen LogP contribution in [0.25, 0.3) is 0 Å². The monoisotopic (exact) mass is 549 g/mol. The van der Waals surface area contributed by atoms with Gasteiger partial charge in [0.2, 0.25) is 0 Å². The number of nitrogens with zero attached hydrogens (tertiary/aromatic N) is 5. The van der Waals surface area contributed by atoms with E-state index in [2.05, 4.69) is 20.4 Å². The molecule has 2 fully saturated rings. The second-order valence-electron chi connectivity index (χ2n) is 9.15. The molecule has 4 heterocycles. The van der Waals surface area contributed by atoms with Crippen molar-refractivity contribution in [2.24, 2.45) is 0 Å². The maximum Gasteiger partial charge on any atom is 0.434 e. The molecule has 0 aliphatic carbocycles. The van der Waals surface area contributed by atoms with Gasteiger partial charge in [-0.3, -0.25) is 9.59 Å². The van der Waals surface area contributed by atoms with Gasteiger partial charge in [0.1, 0.15) is 17.5 Å². The summed E-state index contributed by atoms with van der Waals surface area (Å²) >= 11 is 0. The quantitative estimate of drug-likeness (QED) is 0.507. The number of aromatic amines is 1. The molecule has 2 N–H and O–H groups in total. The summed E-state index contributed by atoms with van der Waals surface area (Å²) in [5.41, 5.74) is -4.31. The van der Waals surface area contributed by atoms with Crippen LogP contribution in [0.1, 0.15) is 37.4 Å². The first-order chi connectivity index (χ1) is 17.8. The van der Waals surface area contributed by atoms with Gasteiger partial charge < -0.3 is 19.9 Å². The van der Waals surface area contributed by atoms with Gasteiger partial charge in [-0.2, -0.15) is 31.4 Å². The largest absolute Gasteiger partial charge is 0.434 e. The van der Waals surface area contributed by atoms with Crippen LogP contribution in [-0.4, -0.2) is 75.4 Å². The second-order valence-corrected chi connectivity index (χ2v) is 9.15. The predicted octanol–water partition coefficient (Wildman–Crippen LogP) is 2.68. The first kappa shape index (κ1) is 27.6. The van der Waals surface area contributed by atoms with Gasteiger partial charge in [-0.15, -0.1) is 0 Å². The summed E-state index contributed by atoms with van der Waals surface area (Å²) in [4.78, 5) is 35.3. The van der Waals surface area contributed by atoms with E-state index in [9.17, 15) is 35.9 Å². The fraction of sp³-hybridized carbons (Fsp3) is 0.591. The summed E-state index contributed by atoms with van der Waals surface area (Å²) in [5, 5.41) is 7.74. The Kier molecular flexibility index (Phi) is 7.80. The zero-order valence-corrected chi connectivity index (χ0v) is 20.1. The lowest BCUT2D eigenvalue weighted by Crippen LogP contribution is -2.47. The van der Waals surface area contributed by atoms with Gasteiger partial charge in [0.25, 0.3) is 11.5 Å². The number of rotatable bonds is 7. The minimum absolute atomic E-state index is 0.0817. The number of alkyl halides is 6. The van der Waals surface area contributed by atoms with Crippen LogP contribution < -0.4 is 15.8 Å². The molecule has 0 aromatic carbocycles. The van der Waals surface area contributed by atoms with E-state index in [1.54, 1.807) is 16.9 Å². The van der Waals surface area contributed by atoms with Gasteiger partial charge in [0.15, 0.2) is 5.69 Å². The van der Waals surface area contributed by atoms with Crippen molar-refractivity contribution in [2.75, 3.05) is 36.5 Å². The highest BCUT2D eigenvalue weighted by Gasteiger charge is 2.40. The zero-order valence-electron chi connectivity index (χ0n) is 20.1. The number of likely N-dealkylation sites (tertiary alicyclic amines) is 1. The molecule has 4 rings (SSSR count). The molecule has 2 aliphatic rings. The van der Waals surface area contributed by atoms with Crippen molar-refractivity contribution >= 4 is 17.4 Å². The Morgan fingerprint density at radius 1 is 1.03 bits per heavy atom. The molecule has 1 unspecified atom stereocenters. The summed E-state index contributed by atoms with van der Waals surface area (Å²) in [6, 6.07) is -0.739. The lowest BCUT2D eigenvalue weighted by atomic mass is 10.0. The topological polar surface area (TPSA) is 116 Å². The molecule has 10 nitrogen and oxygen atoms in total. The SMILES string of the molecule is CC(CO[C@@H]1CCN(C2CCN(c3cnc(C(F)(F)F)cn3)CC2)C1=O)Nc1cn[nH]c(=O)c1C(F)(F)F. The van der Waals surface area contributed by atoms with Crippen LogP contribution in [0.15, 0.2) is 23.4 Å². The van der Waals surface area contributed by atoms with Crippen LogP contribution in [0.3, 0.4) is 0 Å². The minimum Gasteiger partial charge on any atom is -0.378 e. The third-order valence-corrected chi connectivity index (χ3v) is 6.44. The summed E-state index contributed by atoms with van der Waals surface area (Å²) in [6.07, 6.45) is -5.98. The molecular formula is C22H25F6N7O3. The number of aromatic nitrogens is 4. The molecule has 38 heavy (non-hydrogen) atoms. The summed E-state index contributed by atoms with van der Waals surface area (Å²) in [6.45, 7) is 2.88. The van der Waals surface area contributed by atoms with Gasteiger partial charge in [-0.25, -0.2) is 15.1 Å². The molecule has 0 spiro atoms. The molecule has 1 amide bonds. The Morgan fingerprint density at radius 3 is 2.34 bits per heavy atom. The van der Waals surface area contributed by atoms with Crippen LogP contribution in [0.5, 0.6) is 0 Å². The van der Waals surface area contributed by atoms with E-state index >= 15 is 0 Å². The van der Waals surface area contributed by atoms with E-state index in [0.29, 0.717) is 50.9 Å². The Hall–Kier alpha value is -3.43. The number of carbonyl (C=O) groups is 1. The van der Waals surface area contributed by atoms with Crippen LogP contribution >= 0.6 is 0 Å². The molecule has 0 bridgehead atoms. The van der Waals surface area contributed by atoms with Crippen molar-refractivity contribution in [1.82, 2.24) is 25.1 Å². The lowest BCUT2D eigenvalue weighted by Gasteiger charge is -2.37. The molecule has 0 radical (unpaired) electrons. The number of hydrogen-bond acceptors (Lipinski definition) is 8. The van der Waals surface area contributed by atoms with Gasteiger partial charge >= 0.3 is 12.4 Å². The van der Waals surface area contributed by atoms with Crippen molar-refractivity contribution < 1.29 is 35.9 Å². The molecule has 0 saturated carbocycles. The summed E-state index contributed by atoms with van der Waals surface area (Å²) in [5.74, 6) is 0.106. The molecule has 2 atom stereocenters. The number of amides is 1. The maximum absolute atomic E-state index is 13.2. The van der Waals surface area contributed by atoms with E-state index in [0.717, 1.165) is 12.4 Å². The molecule has 16 heteroatoms. The van der Waals surface area contributed by atoms with Crippen molar-refractivity contribution in [1.29, 1.82) is 0 Å². The standard InChI is InChI=1S/C22H25F6N7O3/c1-12(32-14-8-31-33-19(36)18(14)22(26,27)28)11-38-15-4-7-35(20(15)37)13-2-5-34(6-3-13)17-10-29-16(9-30-17)21(23,24)25/h8-10,12-13,15H,2-7,11H2,1H3,(H2,32,33,36)/t12?,15-/m1/s1. The fourth-order valence-corrected chi connectivity index (χ4v) is 4.59. The van der Waals surface area contributed by atoms with Crippen molar-refractivity contribution in [2.45, 2.75) is 56.7 Å². The first-order valence-electron chi connectivity index (χ1n) is 11.8. The number of ether oxygens (including phenoxy) is 1. The number of nitrogens with one attached hydrogen (secondary N) is 2. The molecule has 2 aliphatic heterocycles. The average molecular weight is 549 g/mol. The Labute approximate surface area is 212 Å². The number of H-pyrrole nitrogens is 1. The van der Waals surface area contributed by atoms with Crippen molar-refractivity contribution in [3.63, 3.8) is 0 Å². The Balaban J connectivity index is 1.27. The fourth-order valence-electron chi connectivity index (χ4n) is 4.59. The normalized spacial score (nSPS) is 20.2. The van der Waals surface area contributed by atoms with Crippen LogP contribution in [0, 0.1) is 0 Å². The van der Waals surface area contributed by atoms with Crippen LogP contribution in [0.4, 0.5) is 37.8 Å². The first-order valence-corrected chi connectivity index (χ1v) is 11.8. The van der Waals surface area contributed by atoms with E-state index in [-0.39, 0.29) is 18.6 Å². The van der Waals surface area contributed by atoms with E-state index < -0.39 is 47.0 Å². The van der Waals surface area contributed by atoms with Gasteiger partial charge in [-0.1, -0.05) is 0 Å². The van der Waals surface area contributed by atoms with Gasteiger partial charge in [0, 0.05) is 38.1 Å². The molecule has 208 valence electrons. The van der Waals surface area contributed by atoms with Crippen molar-refractivity contribution in [3.8, 4) is 0 Å². The third-order valence-electron chi connectivity index (χ3n) is 6.44. The Morgan fingerprint density at radius 2 is 1.74 bits per heavy atom. The highest BCUT2D eigenvalue weighted by atomic mass is 19.4. The van der Waals surface area contributed by atoms with E-state index in [1.807, 2.05) is 4.90 Å². The third kappa shape index (κ3) is 6.16. The number of carbonyl (C=O) groups excluding carboxylic acids is 1. The summed E-state index contributed by atoms with van der Waals surface area (Å²) in [7, 11) is 0. The number of halogens is 6. The number of anilines is 2. The number of piperidine rings is 1. The molecule has 2 aromatic heterocycles. The summed E-state index contributed by atoms with van der Waals surface area (Å²) < 4.78 is 83.5. The van der Waals surface area contributed by atoms with Gasteiger partial charge in [0.05, 0.1) is 30.9 Å². The zero-order chi connectivity index (χ0) is 27.7. The molecule has 2 saturated heterocycles.